The number of halogens is 3. The summed E-state index contributed by atoms with van der Waals surface area (Å²) >= 11 is 0. The molecule has 4 nitrogen and oxygen atoms in total. The maximum Gasteiger partial charge on any atom is 0.257 e. The largest absolute Gasteiger partial charge is 0.335 e. The lowest BCUT2D eigenvalue weighted by Crippen LogP contribution is -2.50. The third-order valence-corrected chi connectivity index (χ3v) is 4.42. The maximum absolute atomic E-state index is 13.8. The molecule has 0 aromatic heterocycles. The zero-order chi connectivity index (χ0) is 18.8. The van der Waals surface area contributed by atoms with Gasteiger partial charge in [0.2, 0.25) is 0 Å². The Kier molecular flexibility index (Phi) is 4.97. The Bertz CT molecular complexity index is 845. The Morgan fingerprint density at radius 1 is 0.769 bits per heavy atom. The van der Waals surface area contributed by atoms with Gasteiger partial charge in [0, 0.05) is 31.7 Å². The third-order valence-electron chi connectivity index (χ3n) is 4.42. The number of piperazine rings is 1. The van der Waals surface area contributed by atoms with Crippen molar-refractivity contribution in [3.8, 4) is 0 Å². The number of carbonyl (C=O) groups excluding carboxylic acids is 2. The highest BCUT2D eigenvalue weighted by Crippen LogP contribution is 2.18. The lowest BCUT2D eigenvalue weighted by molar-refractivity contribution is 0.0532. The highest BCUT2D eigenvalue weighted by molar-refractivity contribution is 5.96. The zero-order valence-electron chi connectivity index (χ0n) is 14.1. The molecule has 0 unspecified atom stereocenters. The van der Waals surface area contributed by atoms with E-state index in [1.807, 2.05) is 19.1 Å². The minimum absolute atomic E-state index is 0.142. The molecule has 1 fully saturated rings. The Balaban J connectivity index is 1.67. The minimum atomic E-state index is -1.66. The molecular weight excluding hydrogens is 345 g/mol. The molecule has 0 aliphatic carbocycles. The van der Waals surface area contributed by atoms with E-state index in [4.69, 9.17) is 0 Å². The molecule has 1 aliphatic rings. The summed E-state index contributed by atoms with van der Waals surface area (Å²) in [5, 5.41) is 0. The topological polar surface area (TPSA) is 40.6 Å². The van der Waals surface area contributed by atoms with Gasteiger partial charge < -0.3 is 9.80 Å². The van der Waals surface area contributed by atoms with Crippen molar-refractivity contribution in [1.82, 2.24) is 9.80 Å². The van der Waals surface area contributed by atoms with E-state index in [-0.39, 0.29) is 32.1 Å². The summed E-state index contributed by atoms with van der Waals surface area (Å²) in [6.07, 6.45) is 0. The van der Waals surface area contributed by atoms with E-state index in [9.17, 15) is 22.8 Å². The lowest BCUT2D eigenvalue weighted by Gasteiger charge is -2.35. The van der Waals surface area contributed by atoms with Gasteiger partial charge in [-0.3, -0.25) is 9.59 Å². The third kappa shape index (κ3) is 3.42. The van der Waals surface area contributed by atoms with E-state index in [1.165, 1.54) is 4.90 Å². The Morgan fingerprint density at radius 3 is 1.88 bits per heavy atom. The van der Waals surface area contributed by atoms with E-state index in [1.54, 1.807) is 17.0 Å². The van der Waals surface area contributed by atoms with Crippen LogP contribution in [-0.2, 0) is 0 Å². The predicted molar refractivity (Wildman–Crippen MR) is 89.3 cm³/mol. The summed E-state index contributed by atoms with van der Waals surface area (Å²) < 4.78 is 40.1. The van der Waals surface area contributed by atoms with Crippen LogP contribution in [0.4, 0.5) is 13.2 Å². The molecule has 2 aromatic rings. The normalized spacial score (nSPS) is 14.5. The Morgan fingerprint density at radius 2 is 1.31 bits per heavy atom. The first-order valence-corrected chi connectivity index (χ1v) is 8.17. The van der Waals surface area contributed by atoms with Gasteiger partial charge in [0.15, 0.2) is 17.5 Å². The van der Waals surface area contributed by atoms with Crippen molar-refractivity contribution in [3.63, 3.8) is 0 Å². The van der Waals surface area contributed by atoms with E-state index >= 15 is 0 Å². The summed E-state index contributed by atoms with van der Waals surface area (Å²) in [6.45, 7) is 2.87. The number of hydrogen-bond donors (Lipinski definition) is 0. The van der Waals surface area contributed by atoms with Crippen LogP contribution in [0.15, 0.2) is 36.4 Å². The van der Waals surface area contributed by atoms with Crippen molar-refractivity contribution in [2.45, 2.75) is 6.92 Å². The van der Waals surface area contributed by atoms with E-state index in [2.05, 4.69) is 0 Å². The molecule has 0 atom stereocenters. The van der Waals surface area contributed by atoms with Gasteiger partial charge in [-0.05, 0) is 31.2 Å². The molecule has 7 heteroatoms. The van der Waals surface area contributed by atoms with Crippen LogP contribution >= 0.6 is 0 Å². The molecule has 0 saturated carbocycles. The van der Waals surface area contributed by atoms with Crippen LogP contribution in [0.5, 0.6) is 0 Å². The highest BCUT2D eigenvalue weighted by atomic mass is 19.2. The maximum atomic E-state index is 13.8. The van der Waals surface area contributed by atoms with Crippen molar-refractivity contribution in [1.29, 1.82) is 0 Å². The fourth-order valence-corrected chi connectivity index (χ4v) is 2.85. The summed E-state index contributed by atoms with van der Waals surface area (Å²) in [6, 6.07) is 8.83. The van der Waals surface area contributed by atoms with Gasteiger partial charge in [-0.15, -0.1) is 0 Å². The summed E-state index contributed by atoms with van der Waals surface area (Å²) in [7, 11) is 0. The van der Waals surface area contributed by atoms with Crippen LogP contribution in [0.25, 0.3) is 0 Å². The quantitative estimate of drug-likeness (QED) is 0.771. The van der Waals surface area contributed by atoms with E-state index in [0.29, 0.717) is 5.56 Å². The summed E-state index contributed by atoms with van der Waals surface area (Å²) in [5.41, 5.74) is 1.09. The van der Waals surface area contributed by atoms with E-state index in [0.717, 1.165) is 17.7 Å². The average molecular weight is 362 g/mol. The minimum Gasteiger partial charge on any atom is -0.335 e. The van der Waals surface area contributed by atoms with Crippen molar-refractivity contribution in [2.24, 2.45) is 0 Å². The number of benzene rings is 2. The van der Waals surface area contributed by atoms with E-state index < -0.39 is 28.9 Å². The van der Waals surface area contributed by atoms with Crippen molar-refractivity contribution < 1.29 is 22.8 Å². The summed E-state index contributed by atoms with van der Waals surface area (Å²) in [4.78, 5) is 27.8. The second kappa shape index (κ2) is 7.19. The highest BCUT2D eigenvalue weighted by Gasteiger charge is 2.28. The molecule has 0 radical (unpaired) electrons. The number of hydrogen-bond acceptors (Lipinski definition) is 2. The predicted octanol–water partition coefficient (Wildman–Crippen LogP) is 3.01. The molecule has 1 aliphatic heterocycles. The van der Waals surface area contributed by atoms with Gasteiger partial charge in [0.25, 0.3) is 11.8 Å². The molecule has 2 aromatic carbocycles. The van der Waals surface area contributed by atoms with Gasteiger partial charge in [-0.1, -0.05) is 17.7 Å². The van der Waals surface area contributed by atoms with Gasteiger partial charge in [-0.2, -0.15) is 0 Å². The number of amides is 2. The smallest absolute Gasteiger partial charge is 0.257 e. The van der Waals surface area contributed by atoms with Gasteiger partial charge in [-0.25, -0.2) is 13.2 Å². The molecule has 0 spiro atoms. The molecule has 1 saturated heterocycles. The average Bonchev–Trinajstić information content (AvgIpc) is 2.66. The standard InChI is InChI=1S/C19H17F3N2O2/c1-12-2-4-13(5-3-12)18(25)23-8-10-24(11-9-23)19(26)14-6-7-15(20)17(22)16(14)21/h2-7H,8-11H2,1H3. The summed E-state index contributed by atoms with van der Waals surface area (Å²) in [5.74, 6) is -5.36. The van der Waals surface area contributed by atoms with Gasteiger partial charge in [0.05, 0.1) is 5.56 Å². The number of rotatable bonds is 2. The molecular formula is C19H17F3N2O2. The van der Waals surface area contributed by atoms with Gasteiger partial charge in [0.1, 0.15) is 0 Å². The molecule has 0 N–H and O–H groups in total. The first kappa shape index (κ1) is 18.0. The van der Waals surface area contributed by atoms with Crippen molar-refractivity contribution >= 4 is 11.8 Å². The fourth-order valence-electron chi connectivity index (χ4n) is 2.85. The van der Waals surface area contributed by atoms with Crippen molar-refractivity contribution in [2.75, 3.05) is 26.2 Å². The molecule has 0 bridgehead atoms. The van der Waals surface area contributed by atoms with Crippen LogP contribution in [0, 0.1) is 24.4 Å². The number of carbonyl (C=O) groups is 2. The van der Waals surface area contributed by atoms with Crippen molar-refractivity contribution in [3.05, 3.63) is 70.5 Å². The SMILES string of the molecule is Cc1ccc(C(=O)N2CCN(C(=O)c3ccc(F)c(F)c3F)CC2)cc1. The Hall–Kier alpha value is -2.83. The molecule has 2 amide bonds. The fraction of sp³-hybridized carbons (Fsp3) is 0.263. The molecule has 136 valence electrons. The Labute approximate surface area is 148 Å². The second-order valence-electron chi connectivity index (χ2n) is 6.17. The number of nitrogens with zero attached hydrogens (tertiary/aromatic N) is 2. The van der Waals surface area contributed by atoms with Gasteiger partial charge >= 0.3 is 0 Å². The second-order valence-corrected chi connectivity index (χ2v) is 6.17. The van der Waals surface area contributed by atoms with Crippen LogP contribution in [0.1, 0.15) is 26.3 Å². The van der Waals surface area contributed by atoms with Crippen LogP contribution in [0.2, 0.25) is 0 Å². The lowest BCUT2D eigenvalue weighted by atomic mass is 10.1. The first-order valence-electron chi connectivity index (χ1n) is 8.17. The van der Waals surface area contributed by atoms with Crippen LogP contribution in [-0.4, -0.2) is 47.8 Å². The van der Waals surface area contributed by atoms with Crippen LogP contribution < -0.4 is 0 Å². The zero-order valence-corrected chi connectivity index (χ0v) is 14.1. The molecule has 1 heterocycles. The molecule has 26 heavy (non-hydrogen) atoms. The van der Waals surface area contributed by atoms with Crippen LogP contribution in [0.3, 0.4) is 0 Å². The number of aryl methyl sites for hydroxylation is 1. The monoisotopic (exact) mass is 362 g/mol. The molecule has 3 rings (SSSR count). The first-order chi connectivity index (χ1) is 12.4.